The van der Waals surface area contributed by atoms with Gasteiger partial charge in [0.15, 0.2) is 6.10 Å². The van der Waals surface area contributed by atoms with Gasteiger partial charge in [-0.3, -0.25) is 18.6 Å². The number of ether oxygens (including phenoxy) is 2. The first-order valence-electron chi connectivity index (χ1n) is 25.1. The summed E-state index contributed by atoms with van der Waals surface area (Å²) in [4.78, 5) is 35.7. The molecule has 1 N–H and O–H groups in total. The number of esters is 2. The van der Waals surface area contributed by atoms with E-state index < -0.39 is 26.5 Å². The van der Waals surface area contributed by atoms with E-state index in [-0.39, 0.29) is 32.0 Å². The number of hydrogen-bond donors (Lipinski definition) is 1. The standard InChI is InChI=1S/C51H90NO10P/c1-9-11-26-33-48-43(4)44(5)49(62-48)34-28-23-19-14-12-13-15-21-25-30-36-51(54)61-46(41-59-63(55,56)58-38-37-52(6,7)8)40-57-50(53)35-29-24-20-17-16-18-22-27-32-47-42(3)39-45(60-47)31-10-2/h39,46H,9-38,40-41H2,1-8H3/p+1. The van der Waals surface area contributed by atoms with Crippen LogP contribution in [0.15, 0.2) is 14.9 Å². The number of quaternary nitrogens is 1. The van der Waals surface area contributed by atoms with Gasteiger partial charge >= 0.3 is 19.8 Å². The molecule has 0 aliphatic carbocycles. The molecule has 2 aromatic rings. The molecule has 0 fully saturated rings. The lowest BCUT2D eigenvalue weighted by atomic mass is 10.0. The maximum absolute atomic E-state index is 12.8. The lowest BCUT2D eigenvalue weighted by Gasteiger charge is -2.24. The molecule has 0 bridgehead atoms. The Morgan fingerprint density at radius 3 is 1.59 bits per heavy atom. The third-order valence-electron chi connectivity index (χ3n) is 12.0. The topological polar surface area (TPSA) is 135 Å². The van der Waals surface area contributed by atoms with Crippen molar-refractivity contribution >= 4 is 19.8 Å². The van der Waals surface area contributed by atoms with Crippen LogP contribution in [-0.4, -0.2) is 74.9 Å². The highest BCUT2D eigenvalue weighted by Gasteiger charge is 2.27. The molecule has 2 unspecified atom stereocenters. The minimum Gasteiger partial charge on any atom is -0.466 e. The van der Waals surface area contributed by atoms with Gasteiger partial charge in [-0.05, 0) is 82.1 Å². The van der Waals surface area contributed by atoms with Crippen molar-refractivity contribution in [1.29, 1.82) is 0 Å². The van der Waals surface area contributed by atoms with Crippen molar-refractivity contribution in [1.82, 2.24) is 0 Å². The van der Waals surface area contributed by atoms with Crippen molar-refractivity contribution in [3.63, 3.8) is 0 Å². The fourth-order valence-corrected chi connectivity index (χ4v) is 8.53. The highest BCUT2D eigenvalue weighted by Crippen LogP contribution is 2.43. The van der Waals surface area contributed by atoms with Gasteiger partial charge in [-0.1, -0.05) is 117 Å². The second-order valence-corrected chi connectivity index (χ2v) is 20.4. The second kappa shape index (κ2) is 33.1. The molecule has 63 heavy (non-hydrogen) atoms. The van der Waals surface area contributed by atoms with Crippen LogP contribution in [0.3, 0.4) is 0 Å². The average Bonchev–Trinajstić information content (AvgIpc) is 3.71. The Morgan fingerprint density at radius 1 is 0.603 bits per heavy atom. The van der Waals surface area contributed by atoms with Gasteiger partial charge in [0.05, 0.1) is 27.7 Å². The smallest absolute Gasteiger partial charge is 0.466 e. The third-order valence-corrected chi connectivity index (χ3v) is 12.9. The van der Waals surface area contributed by atoms with E-state index >= 15 is 0 Å². The van der Waals surface area contributed by atoms with E-state index in [0.29, 0.717) is 17.4 Å². The summed E-state index contributed by atoms with van der Waals surface area (Å²) in [6.45, 7) is 10.8. The molecule has 0 amide bonds. The lowest BCUT2D eigenvalue weighted by molar-refractivity contribution is -0.870. The van der Waals surface area contributed by atoms with Gasteiger partial charge in [-0.2, -0.15) is 0 Å². The molecular weight excluding hydrogens is 818 g/mol. The van der Waals surface area contributed by atoms with Crippen LogP contribution in [0.2, 0.25) is 0 Å². The molecular formula is C51H91NO10P+. The number of nitrogens with zero attached hydrogens (tertiary/aromatic N) is 1. The Bertz CT molecular complexity index is 1560. The first-order valence-corrected chi connectivity index (χ1v) is 26.6. The van der Waals surface area contributed by atoms with Crippen LogP contribution in [0.5, 0.6) is 0 Å². The van der Waals surface area contributed by atoms with Crippen molar-refractivity contribution in [2.24, 2.45) is 0 Å². The number of phosphoric acid groups is 1. The summed E-state index contributed by atoms with van der Waals surface area (Å²) in [6, 6.07) is 2.18. The maximum atomic E-state index is 12.8. The molecule has 12 heteroatoms. The molecule has 2 aromatic heterocycles. The summed E-state index contributed by atoms with van der Waals surface area (Å²) >= 11 is 0. The van der Waals surface area contributed by atoms with Crippen LogP contribution in [0.1, 0.15) is 208 Å². The fourth-order valence-electron chi connectivity index (χ4n) is 7.79. The van der Waals surface area contributed by atoms with Crippen molar-refractivity contribution in [2.45, 2.75) is 221 Å². The third kappa shape index (κ3) is 27.6. The molecule has 364 valence electrons. The Balaban J connectivity index is 1.60. The minimum absolute atomic E-state index is 0.0219. The molecule has 2 rings (SSSR count). The highest BCUT2D eigenvalue weighted by atomic mass is 31.2. The molecule has 2 atom stereocenters. The number of aryl methyl sites for hydroxylation is 5. The number of carbonyl (C=O) groups excluding carboxylic acids is 2. The van der Waals surface area contributed by atoms with Crippen LogP contribution in [0.4, 0.5) is 0 Å². The largest absolute Gasteiger partial charge is 0.472 e. The first kappa shape index (κ1) is 56.7. The van der Waals surface area contributed by atoms with E-state index in [9.17, 15) is 19.0 Å². The fraction of sp³-hybridized carbons (Fsp3) is 0.804. The lowest BCUT2D eigenvalue weighted by Crippen LogP contribution is -2.37. The average molecular weight is 909 g/mol. The van der Waals surface area contributed by atoms with Crippen molar-refractivity contribution in [2.75, 3.05) is 47.5 Å². The quantitative estimate of drug-likeness (QED) is 0.0298. The van der Waals surface area contributed by atoms with Crippen LogP contribution >= 0.6 is 7.82 Å². The van der Waals surface area contributed by atoms with Gasteiger partial charge < -0.3 is 27.7 Å². The summed E-state index contributed by atoms with van der Waals surface area (Å²) in [7, 11) is 1.45. The minimum atomic E-state index is -4.40. The monoisotopic (exact) mass is 909 g/mol. The Hall–Kier alpha value is -2.43. The van der Waals surface area contributed by atoms with Gasteiger partial charge in [-0.25, -0.2) is 4.57 Å². The van der Waals surface area contributed by atoms with Gasteiger partial charge in [-0.15, -0.1) is 0 Å². The molecule has 0 aliphatic heterocycles. The van der Waals surface area contributed by atoms with E-state index in [0.717, 1.165) is 95.0 Å². The molecule has 0 saturated carbocycles. The summed E-state index contributed by atoms with van der Waals surface area (Å²) in [5.74, 6) is 3.79. The summed E-state index contributed by atoms with van der Waals surface area (Å²) in [5, 5.41) is 0. The zero-order valence-electron chi connectivity index (χ0n) is 41.3. The number of phosphoric ester groups is 1. The van der Waals surface area contributed by atoms with Crippen molar-refractivity contribution < 1.29 is 50.9 Å². The molecule has 0 aromatic carbocycles. The van der Waals surface area contributed by atoms with E-state index in [1.165, 1.54) is 105 Å². The molecule has 0 aliphatic rings. The molecule has 0 saturated heterocycles. The number of likely N-dealkylation sites (N-methyl/N-ethyl adjacent to an activating group) is 1. The predicted octanol–water partition coefficient (Wildman–Crippen LogP) is 13.4. The number of carbonyl (C=O) groups is 2. The van der Waals surface area contributed by atoms with Gasteiger partial charge in [0.25, 0.3) is 0 Å². The maximum Gasteiger partial charge on any atom is 0.472 e. The van der Waals surface area contributed by atoms with Gasteiger partial charge in [0, 0.05) is 38.5 Å². The Kier molecular flexibility index (Phi) is 29.8. The van der Waals surface area contributed by atoms with Crippen LogP contribution < -0.4 is 0 Å². The van der Waals surface area contributed by atoms with Crippen LogP contribution in [-0.2, 0) is 58.4 Å². The predicted molar refractivity (Wildman–Crippen MR) is 254 cm³/mol. The SMILES string of the molecule is CCCCCc1oc(CCCCCCCCCCCCC(=O)OC(COC(=O)CCCCCCCCCCc2oc(CCC)cc2C)COP(=O)(O)OCC[N+](C)(C)C)c(C)c1C. The van der Waals surface area contributed by atoms with Gasteiger partial charge in [0.2, 0.25) is 0 Å². The Labute approximate surface area is 383 Å². The van der Waals surface area contributed by atoms with E-state index in [2.05, 4.69) is 40.7 Å². The van der Waals surface area contributed by atoms with E-state index in [1.807, 2.05) is 21.1 Å². The summed E-state index contributed by atoms with van der Waals surface area (Å²) in [5.41, 5.74) is 3.96. The number of rotatable bonds is 40. The normalized spacial score (nSPS) is 13.3. The zero-order chi connectivity index (χ0) is 46.4. The van der Waals surface area contributed by atoms with E-state index in [1.54, 1.807) is 0 Å². The molecule has 0 spiro atoms. The van der Waals surface area contributed by atoms with Crippen molar-refractivity contribution in [3.8, 4) is 0 Å². The summed E-state index contributed by atoms with van der Waals surface area (Å²) < 4.78 is 46.8. The number of unbranched alkanes of at least 4 members (excludes halogenated alkanes) is 18. The first-order chi connectivity index (χ1) is 30.1. The van der Waals surface area contributed by atoms with Crippen molar-refractivity contribution in [3.05, 3.63) is 45.8 Å². The summed E-state index contributed by atoms with van der Waals surface area (Å²) in [6.07, 6.45) is 28.0. The molecule has 2 heterocycles. The number of hydrogen-bond acceptors (Lipinski definition) is 9. The van der Waals surface area contributed by atoms with Crippen LogP contribution in [0, 0.1) is 20.8 Å². The Morgan fingerprint density at radius 2 is 1.08 bits per heavy atom. The van der Waals surface area contributed by atoms with Crippen LogP contribution in [0.25, 0.3) is 0 Å². The molecule has 11 nitrogen and oxygen atoms in total. The zero-order valence-corrected chi connectivity index (χ0v) is 42.2. The molecule has 0 radical (unpaired) electrons. The van der Waals surface area contributed by atoms with Gasteiger partial charge in [0.1, 0.15) is 42.8 Å². The second-order valence-electron chi connectivity index (χ2n) is 19.0. The van der Waals surface area contributed by atoms with E-state index in [4.69, 9.17) is 27.4 Å². The highest BCUT2D eigenvalue weighted by molar-refractivity contribution is 7.47. The number of furan rings is 2.